The monoisotopic (exact) mass is 439 g/mol. The van der Waals surface area contributed by atoms with Crippen LogP contribution < -0.4 is 5.73 Å². The lowest BCUT2D eigenvalue weighted by atomic mass is 9.54. The molecule has 6 aliphatic rings. The number of carboxylic acid groups (broad SMARTS) is 1. The van der Waals surface area contributed by atoms with Crippen LogP contribution in [0.5, 0.6) is 0 Å². The molecular formula is C22H30FNO7. The zero-order valence-corrected chi connectivity index (χ0v) is 17.6. The van der Waals surface area contributed by atoms with Crippen molar-refractivity contribution in [2.24, 2.45) is 41.2 Å². The lowest BCUT2D eigenvalue weighted by Gasteiger charge is -2.55. The highest BCUT2D eigenvalue weighted by atomic mass is 19.1. The van der Waals surface area contributed by atoms with Gasteiger partial charge in [-0.25, -0.2) is 9.18 Å². The Labute approximate surface area is 179 Å². The molecule has 6 rings (SSSR count). The Hall–Kier alpha value is -1.90. The van der Waals surface area contributed by atoms with Crippen LogP contribution in [-0.2, 0) is 23.8 Å². The Morgan fingerprint density at radius 2 is 1.65 bits per heavy atom. The Bertz CT molecular complexity index is 767. The van der Waals surface area contributed by atoms with Gasteiger partial charge in [-0.15, -0.1) is 0 Å². The number of carbonyl (C=O) groups excluding carboxylic acids is 2. The maximum absolute atomic E-state index is 14.2. The molecule has 9 heteroatoms. The Balaban J connectivity index is 1.13. The molecule has 0 aromatic carbocycles. The number of aliphatic carboxylic acids is 1. The number of fused-ring (bicyclic) bond motifs is 1. The van der Waals surface area contributed by atoms with Crippen molar-refractivity contribution in [2.45, 2.75) is 81.9 Å². The Kier molecular flexibility index (Phi) is 4.77. The standard InChI is InChI=1S/C22H30FNO7/c1-10(29-19(27)17-14-5-15(23)22(24,18(14)17)9-16(25)26)30-20(28)31-21-6-11-2-12(7-21)4-13(3-11)8-21/h10-15,17-18H,2-9,24H2,1H3,(H,25,26)/t10?,11?,12?,13?,14-,15-,17-,18-,21?,22-/m0/s1. The van der Waals surface area contributed by atoms with Crippen LogP contribution >= 0.6 is 0 Å². The van der Waals surface area contributed by atoms with Crippen LogP contribution in [0.15, 0.2) is 0 Å². The molecule has 0 radical (unpaired) electrons. The zero-order valence-electron chi connectivity index (χ0n) is 17.6. The third-order valence-corrected chi connectivity index (χ3v) is 8.41. The molecule has 1 unspecified atom stereocenters. The first kappa shape index (κ1) is 21.0. The number of carbonyl (C=O) groups is 3. The summed E-state index contributed by atoms with van der Waals surface area (Å²) in [5.74, 6) is -1.57. The average molecular weight is 439 g/mol. The van der Waals surface area contributed by atoms with Gasteiger partial charge in [-0.1, -0.05) is 0 Å². The van der Waals surface area contributed by atoms with E-state index in [9.17, 15) is 18.8 Å². The first-order valence-corrected chi connectivity index (χ1v) is 11.3. The number of ether oxygens (including phenoxy) is 3. The van der Waals surface area contributed by atoms with Crippen molar-refractivity contribution in [2.75, 3.05) is 0 Å². The van der Waals surface area contributed by atoms with Crippen molar-refractivity contribution < 1.29 is 38.1 Å². The van der Waals surface area contributed by atoms with Gasteiger partial charge in [-0.2, -0.15) is 0 Å². The molecule has 172 valence electrons. The number of esters is 1. The van der Waals surface area contributed by atoms with E-state index < -0.39 is 60.0 Å². The third kappa shape index (κ3) is 3.58. The number of rotatable bonds is 6. The molecule has 0 saturated heterocycles. The number of nitrogens with two attached hydrogens (primary N) is 1. The molecule has 0 aliphatic heterocycles. The number of hydrogen-bond acceptors (Lipinski definition) is 7. The highest BCUT2D eigenvalue weighted by Crippen LogP contribution is 2.63. The highest BCUT2D eigenvalue weighted by molar-refractivity contribution is 5.79. The van der Waals surface area contributed by atoms with E-state index in [-0.39, 0.29) is 12.3 Å². The van der Waals surface area contributed by atoms with E-state index >= 15 is 0 Å². The van der Waals surface area contributed by atoms with E-state index in [2.05, 4.69) is 0 Å². The van der Waals surface area contributed by atoms with E-state index in [0.29, 0.717) is 17.8 Å². The van der Waals surface area contributed by atoms with Crippen LogP contribution in [0.2, 0.25) is 0 Å². The number of carboxylic acids is 1. The fourth-order valence-electron chi connectivity index (χ4n) is 7.64. The minimum atomic E-state index is -1.57. The summed E-state index contributed by atoms with van der Waals surface area (Å²) in [4.78, 5) is 36.0. The van der Waals surface area contributed by atoms with Crippen molar-refractivity contribution in [3.63, 3.8) is 0 Å². The molecule has 0 amide bonds. The molecular weight excluding hydrogens is 409 g/mol. The van der Waals surface area contributed by atoms with Gasteiger partial charge in [-0.05, 0) is 74.5 Å². The SMILES string of the molecule is CC(OC(=O)OC12CC3CC(CC(C3)C1)C2)OC(=O)[C@H]1[C@@H]2C[C@H](F)[C@@](N)(CC(=O)O)[C@@H]21. The lowest BCUT2D eigenvalue weighted by Crippen LogP contribution is -2.53. The van der Waals surface area contributed by atoms with E-state index in [1.54, 1.807) is 0 Å². The van der Waals surface area contributed by atoms with Gasteiger partial charge in [0.1, 0.15) is 11.8 Å². The van der Waals surface area contributed by atoms with Crippen LogP contribution in [0.25, 0.3) is 0 Å². The minimum Gasteiger partial charge on any atom is -0.481 e. The summed E-state index contributed by atoms with van der Waals surface area (Å²) in [7, 11) is 0. The van der Waals surface area contributed by atoms with Gasteiger partial charge in [-0.3, -0.25) is 9.59 Å². The van der Waals surface area contributed by atoms with E-state index in [4.69, 9.17) is 25.1 Å². The molecule has 6 saturated carbocycles. The van der Waals surface area contributed by atoms with Gasteiger partial charge in [0.05, 0.1) is 17.9 Å². The molecule has 8 nitrogen and oxygen atoms in total. The molecule has 4 bridgehead atoms. The summed E-state index contributed by atoms with van der Waals surface area (Å²) >= 11 is 0. The van der Waals surface area contributed by atoms with Gasteiger partial charge in [0.25, 0.3) is 0 Å². The summed E-state index contributed by atoms with van der Waals surface area (Å²) in [5, 5.41) is 9.04. The number of alkyl halides is 1. The average Bonchev–Trinajstić information content (AvgIpc) is 3.27. The Morgan fingerprint density at radius 1 is 1.06 bits per heavy atom. The first-order chi connectivity index (χ1) is 14.6. The van der Waals surface area contributed by atoms with Gasteiger partial charge < -0.3 is 25.1 Å². The number of halogens is 1. The molecule has 31 heavy (non-hydrogen) atoms. The van der Waals surface area contributed by atoms with Crippen molar-refractivity contribution in [1.82, 2.24) is 0 Å². The summed E-state index contributed by atoms with van der Waals surface area (Å²) in [5.41, 5.74) is 4.01. The predicted octanol–water partition coefficient (Wildman–Crippen LogP) is 2.77. The lowest BCUT2D eigenvalue weighted by molar-refractivity contribution is -0.183. The van der Waals surface area contributed by atoms with Crippen LogP contribution in [0.3, 0.4) is 0 Å². The number of hydrogen-bond donors (Lipinski definition) is 2. The quantitative estimate of drug-likeness (QED) is 0.478. The molecule has 0 aromatic rings. The largest absolute Gasteiger partial charge is 0.511 e. The normalized spacial score (nSPS) is 47.4. The summed E-state index contributed by atoms with van der Waals surface area (Å²) in [6.07, 6.45) is 2.34. The van der Waals surface area contributed by atoms with E-state index in [1.807, 2.05) is 0 Å². The molecule has 6 atom stereocenters. The molecule has 3 N–H and O–H groups in total. The second kappa shape index (κ2) is 7.05. The van der Waals surface area contributed by atoms with Crippen molar-refractivity contribution in [1.29, 1.82) is 0 Å². The topological polar surface area (TPSA) is 125 Å². The molecule has 6 fully saturated rings. The van der Waals surface area contributed by atoms with Crippen LogP contribution in [0.1, 0.15) is 58.3 Å². The van der Waals surface area contributed by atoms with Gasteiger partial charge in [0.2, 0.25) is 6.29 Å². The molecule has 0 aromatic heterocycles. The molecule has 0 heterocycles. The maximum Gasteiger partial charge on any atom is 0.511 e. The first-order valence-electron chi connectivity index (χ1n) is 11.3. The fourth-order valence-corrected chi connectivity index (χ4v) is 7.64. The smallest absolute Gasteiger partial charge is 0.481 e. The van der Waals surface area contributed by atoms with E-state index in [1.165, 1.54) is 26.2 Å². The second-order valence-electron chi connectivity index (χ2n) is 10.7. The van der Waals surface area contributed by atoms with Gasteiger partial charge >= 0.3 is 18.1 Å². The third-order valence-electron chi connectivity index (χ3n) is 8.41. The van der Waals surface area contributed by atoms with Gasteiger partial charge in [0.15, 0.2) is 0 Å². The summed E-state index contributed by atoms with van der Waals surface area (Å²) < 4.78 is 30.4. The van der Waals surface area contributed by atoms with E-state index in [0.717, 1.165) is 19.3 Å². The highest BCUT2D eigenvalue weighted by Gasteiger charge is 2.72. The second-order valence-corrected chi connectivity index (χ2v) is 10.7. The zero-order chi connectivity index (χ0) is 22.1. The predicted molar refractivity (Wildman–Crippen MR) is 103 cm³/mol. The van der Waals surface area contributed by atoms with Crippen LogP contribution in [-0.4, -0.2) is 46.8 Å². The molecule has 0 spiro atoms. The van der Waals surface area contributed by atoms with Gasteiger partial charge in [0, 0.05) is 6.92 Å². The van der Waals surface area contributed by atoms with Crippen LogP contribution in [0, 0.1) is 35.5 Å². The summed E-state index contributed by atoms with van der Waals surface area (Å²) in [6.45, 7) is 1.43. The molecule has 6 aliphatic carbocycles. The fraction of sp³-hybridized carbons (Fsp3) is 0.864. The van der Waals surface area contributed by atoms with Crippen molar-refractivity contribution in [3.8, 4) is 0 Å². The van der Waals surface area contributed by atoms with Crippen LogP contribution in [0.4, 0.5) is 9.18 Å². The maximum atomic E-state index is 14.2. The van der Waals surface area contributed by atoms with Crippen molar-refractivity contribution in [3.05, 3.63) is 0 Å². The summed E-state index contributed by atoms with van der Waals surface area (Å²) in [6, 6.07) is 0. The minimum absolute atomic E-state index is 0.0392. The van der Waals surface area contributed by atoms with Crippen molar-refractivity contribution >= 4 is 18.1 Å². The Morgan fingerprint density at radius 3 is 2.19 bits per heavy atom.